The molecule has 3 N–H and O–H groups in total. The SMILES string of the molecule is CN(CC(=O)Nc1cc(F)cc(F)c1)C(=O)[C@@H]1CCC[C@@H]1CN.Cl. The van der Waals surface area contributed by atoms with Gasteiger partial charge in [0.1, 0.15) is 11.6 Å². The second-order valence-electron chi connectivity index (χ2n) is 5.93. The molecule has 24 heavy (non-hydrogen) atoms. The quantitative estimate of drug-likeness (QED) is 0.843. The van der Waals surface area contributed by atoms with Crippen LogP contribution in [0.15, 0.2) is 18.2 Å². The molecule has 134 valence electrons. The highest BCUT2D eigenvalue weighted by Gasteiger charge is 2.34. The van der Waals surface area contributed by atoms with Crippen molar-refractivity contribution in [3.05, 3.63) is 29.8 Å². The standard InChI is InChI=1S/C16H21F2N3O2.ClH/c1-21(16(23)14-4-2-3-10(14)8-19)9-15(22)20-13-6-11(17)5-12(18)7-13;/h5-7,10,14H,2-4,8-9,19H2,1H3,(H,20,22);1H/t10-,14-;/m1./s1. The number of hydrogen-bond donors (Lipinski definition) is 2. The van der Waals surface area contributed by atoms with E-state index in [2.05, 4.69) is 5.32 Å². The van der Waals surface area contributed by atoms with Crippen molar-refractivity contribution in [3.8, 4) is 0 Å². The number of nitrogens with zero attached hydrogens (tertiary/aromatic N) is 1. The van der Waals surface area contributed by atoms with Crippen LogP contribution in [0.4, 0.5) is 14.5 Å². The van der Waals surface area contributed by atoms with Gasteiger partial charge in [0, 0.05) is 24.7 Å². The lowest BCUT2D eigenvalue weighted by atomic mass is 9.95. The summed E-state index contributed by atoms with van der Waals surface area (Å²) < 4.78 is 26.2. The normalized spacial score (nSPS) is 19.5. The molecule has 1 fully saturated rings. The van der Waals surface area contributed by atoms with Crippen LogP contribution in [-0.2, 0) is 9.59 Å². The Hall–Kier alpha value is -1.73. The second-order valence-corrected chi connectivity index (χ2v) is 5.93. The maximum absolute atomic E-state index is 13.1. The van der Waals surface area contributed by atoms with Gasteiger partial charge in [0.05, 0.1) is 6.54 Å². The molecule has 2 rings (SSSR count). The number of hydrogen-bond acceptors (Lipinski definition) is 3. The minimum atomic E-state index is -0.776. The van der Waals surface area contributed by atoms with Gasteiger partial charge in [-0.3, -0.25) is 9.59 Å². The molecule has 0 unspecified atom stereocenters. The summed E-state index contributed by atoms with van der Waals surface area (Å²) in [4.78, 5) is 25.7. The lowest BCUT2D eigenvalue weighted by Crippen LogP contribution is -2.40. The van der Waals surface area contributed by atoms with Gasteiger partial charge in [0.25, 0.3) is 0 Å². The number of likely N-dealkylation sites (N-methyl/N-ethyl adjacent to an activating group) is 1. The molecule has 1 aromatic rings. The van der Waals surface area contributed by atoms with E-state index in [1.54, 1.807) is 7.05 Å². The third-order valence-electron chi connectivity index (χ3n) is 4.18. The van der Waals surface area contributed by atoms with E-state index in [4.69, 9.17) is 5.73 Å². The average Bonchev–Trinajstić information content (AvgIpc) is 2.93. The summed E-state index contributed by atoms with van der Waals surface area (Å²) in [6.45, 7) is 0.282. The van der Waals surface area contributed by atoms with Gasteiger partial charge in [-0.1, -0.05) is 6.42 Å². The van der Waals surface area contributed by atoms with Crippen LogP contribution in [-0.4, -0.2) is 36.9 Å². The zero-order valence-electron chi connectivity index (χ0n) is 13.4. The van der Waals surface area contributed by atoms with Gasteiger partial charge < -0.3 is 16.0 Å². The zero-order valence-corrected chi connectivity index (χ0v) is 14.2. The Kier molecular flexibility index (Phi) is 7.57. The minimum absolute atomic E-state index is 0. The minimum Gasteiger partial charge on any atom is -0.336 e. The largest absolute Gasteiger partial charge is 0.336 e. The smallest absolute Gasteiger partial charge is 0.243 e. The first kappa shape index (κ1) is 20.3. The first-order valence-electron chi connectivity index (χ1n) is 7.61. The van der Waals surface area contributed by atoms with Crippen LogP contribution in [0.5, 0.6) is 0 Å². The highest BCUT2D eigenvalue weighted by molar-refractivity contribution is 5.94. The highest BCUT2D eigenvalue weighted by atomic mass is 35.5. The first-order valence-corrected chi connectivity index (χ1v) is 7.61. The molecule has 5 nitrogen and oxygen atoms in total. The van der Waals surface area contributed by atoms with E-state index in [9.17, 15) is 18.4 Å². The monoisotopic (exact) mass is 361 g/mol. The molecule has 0 spiro atoms. The lowest BCUT2D eigenvalue weighted by Gasteiger charge is -2.24. The average molecular weight is 362 g/mol. The third-order valence-corrected chi connectivity index (χ3v) is 4.18. The lowest BCUT2D eigenvalue weighted by molar-refractivity contribution is -0.137. The topological polar surface area (TPSA) is 75.4 Å². The van der Waals surface area contributed by atoms with Crippen molar-refractivity contribution in [1.82, 2.24) is 4.90 Å². The van der Waals surface area contributed by atoms with Crippen molar-refractivity contribution < 1.29 is 18.4 Å². The van der Waals surface area contributed by atoms with Crippen molar-refractivity contribution in [2.45, 2.75) is 19.3 Å². The van der Waals surface area contributed by atoms with Gasteiger partial charge in [-0.15, -0.1) is 12.4 Å². The van der Waals surface area contributed by atoms with Crippen molar-refractivity contribution in [2.75, 3.05) is 25.5 Å². The molecule has 1 saturated carbocycles. The number of halogens is 3. The Morgan fingerprint density at radius 1 is 1.25 bits per heavy atom. The van der Waals surface area contributed by atoms with Crippen molar-refractivity contribution in [3.63, 3.8) is 0 Å². The second kappa shape index (κ2) is 8.94. The Bertz CT molecular complexity index is 580. The van der Waals surface area contributed by atoms with Crippen molar-refractivity contribution >= 4 is 29.9 Å². The number of carbonyl (C=O) groups excluding carboxylic acids is 2. The van der Waals surface area contributed by atoms with E-state index in [-0.39, 0.29) is 42.4 Å². The third kappa shape index (κ3) is 5.14. The van der Waals surface area contributed by atoms with Crippen LogP contribution in [0.25, 0.3) is 0 Å². The number of amides is 2. The van der Waals surface area contributed by atoms with Crippen LogP contribution in [0, 0.1) is 23.5 Å². The predicted octanol–water partition coefficient (Wildman–Crippen LogP) is 2.16. The number of nitrogens with one attached hydrogen (secondary N) is 1. The van der Waals surface area contributed by atoms with E-state index in [0.29, 0.717) is 6.54 Å². The van der Waals surface area contributed by atoms with Crippen molar-refractivity contribution in [2.24, 2.45) is 17.6 Å². The van der Waals surface area contributed by atoms with Gasteiger partial charge in [-0.25, -0.2) is 8.78 Å². The van der Waals surface area contributed by atoms with Crippen LogP contribution < -0.4 is 11.1 Å². The van der Waals surface area contributed by atoms with Gasteiger partial charge in [0.2, 0.25) is 11.8 Å². The fraction of sp³-hybridized carbons (Fsp3) is 0.500. The van der Waals surface area contributed by atoms with Crippen molar-refractivity contribution in [1.29, 1.82) is 0 Å². The number of rotatable bonds is 5. The summed E-state index contributed by atoms with van der Waals surface area (Å²) in [5.41, 5.74) is 5.70. The van der Waals surface area contributed by atoms with Gasteiger partial charge in [-0.05, 0) is 37.4 Å². The molecular formula is C16H22ClF2N3O2. The van der Waals surface area contributed by atoms with Crippen LogP contribution in [0.2, 0.25) is 0 Å². The molecule has 0 aliphatic heterocycles. The molecule has 0 saturated heterocycles. The fourth-order valence-electron chi connectivity index (χ4n) is 3.05. The van der Waals surface area contributed by atoms with Gasteiger partial charge in [-0.2, -0.15) is 0 Å². The Balaban J connectivity index is 0.00000288. The van der Waals surface area contributed by atoms with E-state index < -0.39 is 17.5 Å². The van der Waals surface area contributed by atoms with Crippen LogP contribution in [0.3, 0.4) is 0 Å². The number of carbonyl (C=O) groups is 2. The molecule has 2 atom stereocenters. The maximum Gasteiger partial charge on any atom is 0.243 e. The summed E-state index contributed by atoms with van der Waals surface area (Å²) in [6, 6.07) is 2.76. The summed E-state index contributed by atoms with van der Waals surface area (Å²) >= 11 is 0. The van der Waals surface area contributed by atoms with E-state index >= 15 is 0 Å². The summed E-state index contributed by atoms with van der Waals surface area (Å²) in [5, 5.41) is 2.39. The molecule has 2 amide bonds. The highest BCUT2D eigenvalue weighted by Crippen LogP contribution is 2.32. The molecule has 0 radical (unpaired) electrons. The Morgan fingerprint density at radius 2 is 1.88 bits per heavy atom. The number of nitrogens with two attached hydrogens (primary N) is 1. The Labute approximate surface area is 146 Å². The molecule has 1 aromatic carbocycles. The number of anilines is 1. The Morgan fingerprint density at radius 3 is 2.46 bits per heavy atom. The maximum atomic E-state index is 13.1. The molecule has 0 bridgehead atoms. The first-order chi connectivity index (χ1) is 10.9. The van der Waals surface area contributed by atoms with Gasteiger partial charge >= 0.3 is 0 Å². The molecule has 8 heteroatoms. The summed E-state index contributed by atoms with van der Waals surface area (Å²) in [5.74, 6) is -2.16. The molecule has 0 aromatic heterocycles. The van der Waals surface area contributed by atoms with Crippen LogP contribution >= 0.6 is 12.4 Å². The van der Waals surface area contributed by atoms with E-state index in [1.165, 1.54) is 4.90 Å². The van der Waals surface area contributed by atoms with Gasteiger partial charge in [0.15, 0.2) is 0 Å². The molecular weight excluding hydrogens is 340 g/mol. The molecule has 1 aliphatic rings. The number of benzene rings is 1. The molecule has 0 heterocycles. The van der Waals surface area contributed by atoms with E-state index in [1.807, 2.05) is 0 Å². The molecule has 1 aliphatic carbocycles. The zero-order chi connectivity index (χ0) is 17.0. The fourth-order valence-corrected chi connectivity index (χ4v) is 3.05. The summed E-state index contributed by atoms with van der Waals surface area (Å²) in [6.07, 6.45) is 2.66. The summed E-state index contributed by atoms with van der Waals surface area (Å²) in [7, 11) is 1.54. The predicted molar refractivity (Wildman–Crippen MR) is 89.8 cm³/mol. The van der Waals surface area contributed by atoms with Crippen LogP contribution in [0.1, 0.15) is 19.3 Å². The van der Waals surface area contributed by atoms with E-state index in [0.717, 1.165) is 37.5 Å².